The van der Waals surface area contributed by atoms with Crippen LogP contribution in [0.5, 0.6) is 5.75 Å². The first kappa shape index (κ1) is 20.4. The van der Waals surface area contributed by atoms with Crippen molar-refractivity contribution in [3.05, 3.63) is 54.7 Å². The second-order valence-electron chi connectivity index (χ2n) is 5.14. The van der Waals surface area contributed by atoms with Crippen molar-refractivity contribution in [1.29, 1.82) is 0 Å². The van der Waals surface area contributed by atoms with Crippen molar-refractivity contribution in [2.45, 2.75) is 6.92 Å². The first-order valence-corrected chi connectivity index (χ1v) is 9.52. The topological polar surface area (TPSA) is 100 Å². The third-order valence-corrected chi connectivity index (χ3v) is 4.74. The number of hydrazone groups is 1. The average Bonchev–Trinajstić information content (AvgIpc) is 2.56. The third-order valence-electron chi connectivity index (χ3n) is 3.13. The number of aryl methyl sites for hydroxylation is 1. The number of aliphatic carboxylic acids is 1. The number of para-hydroxylation sites is 1. The van der Waals surface area contributed by atoms with Crippen LogP contribution in [0.15, 0.2) is 41.5 Å². The monoisotopic (exact) mass is 579 g/mol. The molecule has 2 aromatic rings. The van der Waals surface area contributed by atoms with Crippen molar-refractivity contribution in [2.75, 3.05) is 11.9 Å². The van der Waals surface area contributed by atoms with Gasteiger partial charge in [-0.25, -0.2) is 15.0 Å². The summed E-state index contributed by atoms with van der Waals surface area (Å²) in [4.78, 5) is 22.5. The lowest BCUT2D eigenvalue weighted by Crippen LogP contribution is -2.24. The first-order valence-electron chi connectivity index (χ1n) is 7.36. The smallest absolute Gasteiger partial charge is 0.341 e. The Morgan fingerprint density at radius 1 is 1.23 bits per heavy atom. The molecule has 2 aromatic carbocycles. The lowest BCUT2D eigenvalue weighted by atomic mass is 10.2. The van der Waals surface area contributed by atoms with E-state index in [1.165, 1.54) is 6.21 Å². The number of nitrogens with one attached hydrogen (secondary N) is 2. The molecular weight excluding hydrogens is 564 g/mol. The fourth-order valence-electron chi connectivity index (χ4n) is 1.95. The van der Waals surface area contributed by atoms with Gasteiger partial charge in [-0.1, -0.05) is 18.2 Å². The van der Waals surface area contributed by atoms with Gasteiger partial charge in [-0.05, 0) is 81.4 Å². The van der Waals surface area contributed by atoms with Crippen molar-refractivity contribution in [3.8, 4) is 5.75 Å². The number of urea groups is 1. The molecule has 0 saturated carbocycles. The Hall–Kier alpha value is -1.89. The van der Waals surface area contributed by atoms with Gasteiger partial charge in [0.2, 0.25) is 0 Å². The van der Waals surface area contributed by atoms with Gasteiger partial charge in [0.1, 0.15) is 5.75 Å². The summed E-state index contributed by atoms with van der Waals surface area (Å²) in [5.74, 6) is -0.526. The van der Waals surface area contributed by atoms with Crippen LogP contribution in [-0.2, 0) is 4.79 Å². The molecule has 0 saturated heterocycles. The number of anilines is 1. The van der Waals surface area contributed by atoms with Crippen LogP contribution >= 0.6 is 45.2 Å². The van der Waals surface area contributed by atoms with Crippen LogP contribution < -0.4 is 15.5 Å². The predicted molar refractivity (Wildman–Crippen MR) is 116 cm³/mol. The molecule has 26 heavy (non-hydrogen) atoms. The number of hydrogen-bond acceptors (Lipinski definition) is 4. The fraction of sp³-hybridized carbons (Fsp3) is 0.118. The maximum atomic E-state index is 11.9. The van der Waals surface area contributed by atoms with E-state index in [4.69, 9.17) is 9.84 Å². The van der Waals surface area contributed by atoms with E-state index in [1.54, 1.807) is 18.2 Å². The molecule has 7 nitrogen and oxygen atoms in total. The molecule has 3 N–H and O–H groups in total. The number of carboxylic acid groups (broad SMARTS) is 1. The van der Waals surface area contributed by atoms with E-state index in [2.05, 4.69) is 61.0 Å². The maximum Gasteiger partial charge on any atom is 0.341 e. The second-order valence-corrected chi connectivity index (χ2v) is 7.46. The molecule has 0 heterocycles. The van der Waals surface area contributed by atoms with E-state index in [9.17, 15) is 9.59 Å². The van der Waals surface area contributed by atoms with Crippen molar-refractivity contribution in [1.82, 2.24) is 5.43 Å². The van der Waals surface area contributed by atoms with Crippen molar-refractivity contribution in [3.63, 3.8) is 0 Å². The summed E-state index contributed by atoms with van der Waals surface area (Å²) >= 11 is 4.12. The normalized spacial score (nSPS) is 10.6. The van der Waals surface area contributed by atoms with Crippen molar-refractivity contribution in [2.24, 2.45) is 5.10 Å². The molecule has 0 atom stereocenters. The van der Waals surface area contributed by atoms with Crippen LogP contribution in [0.4, 0.5) is 10.5 Å². The van der Waals surface area contributed by atoms with Crippen LogP contribution in [-0.4, -0.2) is 29.9 Å². The van der Waals surface area contributed by atoms with Crippen LogP contribution in [0.3, 0.4) is 0 Å². The molecule has 0 fully saturated rings. The number of benzene rings is 2. The molecule has 0 unspecified atom stereocenters. The average molecular weight is 579 g/mol. The molecule has 0 aliphatic rings. The van der Waals surface area contributed by atoms with Gasteiger partial charge in [0.15, 0.2) is 6.61 Å². The highest BCUT2D eigenvalue weighted by atomic mass is 127. The van der Waals surface area contributed by atoms with E-state index in [1.807, 2.05) is 25.1 Å². The molecule has 0 aliphatic heterocycles. The summed E-state index contributed by atoms with van der Waals surface area (Å²) in [6.45, 7) is 1.50. The number of ether oxygens (including phenoxy) is 1. The zero-order valence-electron chi connectivity index (χ0n) is 13.6. The molecule has 0 spiro atoms. The number of carbonyl (C=O) groups is 2. The Morgan fingerprint density at radius 3 is 2.50 bits per heavy atom. The van der Waals surface area contributed by atoms with Gasteiger partial charge >= 0.3 is 12.0 Å². The SMILES string of the molecule is Cc1ccccc1NC(=O)NN=Cc1cc(I)c(OCC(=O)O)c(I)c1. The Kier molecular flexibility index (Phi) is 7.63. The molecule has 0 aliphatic carbocycles. The number of halogens is 2. The molecular formula is C17H15I2N3O4. The van der Waals surface area contributed by atoms with Gasteiger partial charge in [0, 0.05) is 5.69 Å². The molecule has 9 heteroatoms. The van der Waals surface area contributed by atoms with Crippen LogP contribution in [0, 0.1) is 14.1 Å². The lowest BCUT2D eigenvalue weighted by molar-refractivity contribution is -0.139. The van der Waals surface area contributed by atoms with Gasteiger partial charge < -0.3 is 15.2 Å². The van der Waals surface area contributed by atoms with E-state index in [0.29, 0.717) is 11.4 Å². The van der Waals surface area contributed by atoms with Crippen molar-refractivity contribution < 1.29 is 19.4 Å². The minimum atomic E-state index is -1.04. The second kappa shape index (κ2) is 9.71. The van der Waals surface area contributed by atoms with E-state index < -0.39 is 18.6 Å². The summed E-state index contributed by atoms with van der Waals surface area (Å²) in [7, 11) is 0. The zero-order chi connectivity index (χ0) is 19.1. The Labute approximate surface area is 177 Å². The van der Waals surface area contributed by atoms with Crippen LogP contribution in [0.2, 0.25) is 0 Å². The van der Waals surface area contributed by atoms with E-state index >= 15 is 0 Å². The molecule has 2 amide bonds. The molecule has 2 rings (SSSR count). The third kappa shape index (κ3) is 6.12. The quantitative estimate of drug-likeness (QED) is 0.276. The maximum absolute atomic E-state index is 11.9. The minimum absolute atomic E-state index is 0.403. The fourth-order valence-corrected chi connectivity index (χ4v) is 4.08. The highest BCUT2D eigenvalue weighted by Crippen LogP contribution is 2.28. The Morgan fingerprint density at radius 2 is 1.88 bits per heavy atom. The van der Waals surface area contributed by atoms with Gasteiger partial charge in [-0.15, -0.1) is 0 Å². The van der Waals surface area contributed by atoms with Crippen LogP contribution in [0.1, 0.15) is 11.1 Å². The summed E-state index contributed by atoms with van der Waals surface area (Å²) < 4.78 is 6.77. The highest BCUT2D eigenvalue weighted by molar-refractivity contribution is 14.1. The number of rotatable bonds is 6. The predicted octanol–water partition coefficient (Wildman–Crippen LogP) is 3.82. The number of hydrogen-bond donors (Lipinski definition) is 3. The standard InChI is InChI=1S/C17H15I2N3O4/c1-10-4-2-3-5-14(10)21-17(25)22-20-8-11-6-12(18)16(13(19)7-11)26-9-15(23)24/h2-8H,9H2,1H3,(H,23,24)(H2,21,22,25). The molecule has 136 valence electrons. The Bertz CT molecular complexity index is 833. The highest BCUT2D eigenvalue weighted by Gasteiger charge is 2.10. The molecule has 0 aromatic heterocycles. The van der Waals surface area contributed by atoms with Crippen molar-refractivity contribution >= 4 is 69.1 Å². The van der Waals surface area contributed by atoms with E-state index in [0.717, 1.165) is 18.3 Å². The summed E-state index contributed by atoms with van der Waals surface area (Å²) in [5.41, 5.74) is 4.82. The Balaban J connectivity index is 1.98. The number of amides is 2. The van der Waals surface area contributed by atoms with Gasteiger partial charge in [0.25, 0.3) is 0 Å². The largest absolute Gasteiger partial charge is 0.480 e. The number of nitrogens with zero attached hydrogens (tertiary/aromatic N) is 1. The zero-order valence-corrected chi connectivity index (χ0v) is 17.9. The summed E-state index contributed by atoms with van der Waals surface area (Å²) in [6.07, 6.45) is 1.50. The molecule has 0 radical (unpaired) electrons. The van der Waals surface area contributed by atoms with Gasteiger partial charge in [0.05, 0.1) is 13.4 Å². The van der Waals surface area contributed by atoms with E-state index in [-0.39, 0.29) is 0 Å². The number of carboxylic acids is 1. The minimum Gasteiger partial charge on any atom is -0.480 e. The first-order chi connectivity index (χ1) is 12.4. The molecule has 0 bridgehead atoms. The van der Waals surface area contributed by atoms with Gasteiger partial charge in [-0.3, -0.25) is 0 Å². The van der Waals surface area contributed by atoms with Crippen LogP contribution in [0.25, 0.3) is 0 Å². The number of carbonyl (C=O) groups excluding carboxylic acids is 1. The summed E-state index contributed by atoms with van der Waals surface area (Å²) in [5, 5.41) is 15.3. The van der Waals surface area contributed by atoms with Gasteiger partial charge in [-0.2, -0.15) is 5.10 Å². The summed E-state index contributed by atoms with van der Waals surface area (Å²) in [6, 6.07) is 10.6. The lowest BCUT2D eigenvalue weighted by Gasteiger charge is -2.09.